The Morgan fingerprint density at radius 2 is 2.00 bits per heavy atom. The van der Waals surface area contributed by atoms with Crippen LogP contribution in [0, 0.1) is 16.7 Å². The van der Waals surface area contributed by atoms with Crippen LogP contribution in [0.3, 0.4) is 0 Å². The third-order valence-corrected chi connectivity index (χ3v) is 5.96. The van der Waals surface area contributed by atoms with Gasteiger partial charge in [0.2, 0.25) is 0 Å². The summed E-state index contributed by atoms with van der Waals surface area (Å²) in [7, 11) is 2.03. The third kappa shape index (κ3) is 3.58. The first-order chi connectivity index (χ1) is 9.36. The fourth-order valence-electron chi connectivity index (χ4n) is 3.59. The molecule has 20 heavy (non-hydrogen) atoms. The van der Waals surface area contributed by atoms with Crippen LogP contribution < -0.4 is 0 Å². The van der Waals surface area contributed by atoms with Crippen molar-refractivity contribution < 1.29 is 0 Å². The van der Waals surface area contributed by atoms with E-state index in [1.807, 2.05) is 17.9 Å². The van der Waals surface area contributed by atoms with Crippen LogP contribution in [-0.4, -0.2) is 15.7 Å². The zero-order chi connectivity index (χ0) is 14.8. The molecule has 1 heterocycles. The molecule has 0 aliphatic heterocycles. The molecule has 1 saturated carbocycles. The maximum Gasteiger partial charge on any atom is 0.0492 e. The Labute approximate surface area is 128 Å². The predicted octanol–water partition coefficient (Wildman–Crippen LogP) is 4.81. The number of aryl methyl sites for hydroxylation is 2. The summed E-state index contributed by atoms with van der Waals surface area (Å²) in [5.41, 5.74) is 2.13. The summed E-state index contributed by atoms with van der Waals surface area (Å²) in [4.78, 5) is 0. The smallest absolute Gasteiger partial charge is 0.0492 e. The van der Waals surface area contributed by atoms with E-state index in [-0.39, 0.29) is 0 Å². The molecule has 1 aliphatic rings. The molecular weight excluding hydrogens is 268 g/mol. The zero-order valence-corrected chi connectivity index (χ0v) is 14.2. The van der Waals surface area contributed by atoms with Gasteiger partial charge in [0, 0.05) is 24.8 Å². The second kappa shape index (κ2) is 6.09. The Kier molecular flexibility index (Phi) is 4.84. The molecule has 0 amide bonds. The fraction of sp³-hybridized carbons (Fsp3) is 0.824. The summed E-state index contributed by atoms with van der Waals surface area (Å²) in [6.45, 7) is 7.13. The molecule has 2 rings (SSSR count). The van der Waals surface area contributed by atoms with Gasteiger partial charge in [-0.15, -0.1) is 11.6 Å². The van der Waals surface area contributed by atoms with Crippen LogP contribution in [0.2, 0.25) is 0 Å². The lowest BCUT2D eigenvalue weighted by molar-refractivity contribution is 0.0956. The average molecular weight is 297 g/mol. The maximum absolute atomic E-state index is 6.36. The van der Waals surface area contributed by atoms with Crippen molar-refractivity contribution >= 4 is 11.6 Å². The minimum Gasteiger partial charge on any atom is -0.273 e. The van der Waals surface area contributed by atoms with Crippen LogP contribution in [0.4, 0.5) is 0 Å². The molecule has 0 radical (unpaired) electrons. The number of halogens is 1. The number of alkyl halides is 1. The first-order valence-corrected chi connectivity index (χ1v) is 8.43. The number of hydrogen-bond acceptors (Lipinski definition) is 1. The molecule has 1 fully saturated rings. The SMILES string of the molecule is Cn1nccc1CCC1(CCl)CCC(C(C)(C)C)CC1. The molecule has 2 nitrogen and oxygen atoms in total. The van der Waals surface area contributed by atoms with Crippen molar-refractivity contribution in [1.82, 2.24) is 9.78 Å². The van der Waals surface area contributed by atoms with Gasteiger partial charge in [0.1, 0.15) is 0 Å². The van der Waals surface area contributed by atoms with Gasteiger partial charge in [-0.3, -0.25) is 4.68 Å². The second-order valence-corrected chi connectivity index (χ2v) is 7.99. The van der Waals surface area contributed by atoms with Crippen LogP contribution >= 0.6 is 11.6 Å². The van der Waals surface area contributed by atoms with E-state index in [1.165, 1.54) is 37.8 Å². The Balaban J connectivity index is 1.93. The molecule has 0 saturated heterocycles. The van der Waals surface area contributed by atoms with Gasteiger partial charge >= 0.3 is 0 Å². The molecule has 0 bridgehead atoms. The molecule has 0 spiro atoms. The lowest BCUT2D eigenvalue weighted by Crippen LogP contribution is -2.34. The average Bonchev–Trinajstić information content (AvgIpc) is 2.81. The van der Waals surface area contributed by atoms with Gasteiger partial charge in [0.05, 0.1) is 0 Å². The van der Waals surface area contributed by atoms with Crippen LogP contribution in [-0.2, 0) is 13.5 Å². The monoisotopic (exact) mass is 296 g/mol. The van der Waals surface area contributed by atoms with E-state index >= 15 is 0 Å². The molecule has 0 N–H and O–H groups in total. The van der Waals surface area contributed by atoms with Crippen molar-refractivity contribution in [3.8, 4) is 0 Å². The van der Waals surface area contributed by atoms with Gasteiger partial charge < -0.3 is 0 Å². The number of hydrogen-bond donors (Lipinski definition) is 0. The van der Waals surface area contributed by atoms with Crippen molar-refractivity contribution in [2.45, 2.75) is 59.3 Å². The Bertz CT molecular complexity index is 422. The summed E-state index contributed by atoms with van der Waals surface area (Å²) in [6.07, 6.45) is 9.44. The van der Waals surface area contributed by atoms with Gasteiger partial charge in [-0.05, 0) is 61.3 Å². The lowest BCUT2D eigenvalue weighted by Gasteiger charge is -2.43. The number of aromatic nitrogens is 2. The number of rotatable bonds is 4. The van der Waals surface area contributed by atoms with E-state index in [9.17, 15) is 0 Å². The highest BCUT2D eigenvalue weighted by Crippen LogP contribution is 2.47. The highest BCUT2D eigenvalue weighted by Gasteiger charge is 2.37. The largest absolute Gasteiger partial charge is 0.273 e. The summed E-state index contributed by atoms with van der Waals surface area (Å²) in [5, 5.41) is 4.26. The van der Waals surface area contributed by atoms with Crippen LogP contribution in [0.15, 0.2) is 12.3 Å². The van der Waals surface area contributed by atoms with E-state index in [0.29, 0.717) is 10.8 Å². The highest BCUT2D eigenvalue weighted by molar-refractivity contribution is 6.18. The third-order valence-electron chi connectivity index (χ3n) is 5.39. The Morgan fingerprint density at radius 1 is 1.35 bits per heavy atom. The molecule has 3 heteroatoms. The highest BCUT2D eigenvalue weighted by atomic mass is 35.5. The quantitative estimate of drug-likeness (QED) is 0.729. The first kappa shape index (κ1) is 15.9. The van der Waals surface area contributed by atoms with Crippen LogP contribution in [0.1, 0.15) is 58.6 Å². The van der Waals surface area contributed by atoms with E-state index < -0.39 is 0 Å². The fourth-order valence-corrected chi connectivity index (χ4v) is 3.99. The minimum absolute atomic E-state index is 0.355. The standard InChI is InChI=1S/C17H29ClN2/c1-16(2,3)14-5-9-17(13-18,10-6-14)11-7-15-8-12-19-20(15)4/h8,12,14H,5-7,9-11,13H2,1-4H3. The Hall–Kier alpha value is -0.500. The normalized spacial score (nSPS) is 27.8. The van der Waals surface area contributed by atoms with E-state index in [0.717, 1.165) is 18.2 Å². The van der Waals surface area contributed by atoms with Crippen LogP contribution in [0.25, 0.3) is 0 Å². The molecule has 1 aromatic heterocycles. The summed E-state index contributed by atoms with van der Waals surface area (Å²) >= 11 is 6.36. The zero-order valence-electron chi connectivity index (χ0n) is 13.5. The second-order valence-electron chi connectivity index (χ2n) is 7.72. The summed E-state index contributed by atoms with van der Waals surface area (Å²) < 4.78 is 1.99. The Morgan fingerprint density at radius 3 is 2.45 bits per heavy atom. The van der Waals surface area contributed by atoms with Gasteiger partial charge in [0.25, 0.3) is 0 Å². The predicted molar refractivity (Wildman–Crippen MR) is 86.1 cm³/mol. The molecule has 0 aromatic carbocycles. The molecule has 114 valence electrons. The minimum atomic E-state index is 0.355. The van der Waals surface area contributed by atoms with E-state index in [4.69, 9.17) is 11.6 Å². The summed E-state index contributed by atoms with van der Waals surface area (Å²) in [6, 6.07) is 2.13. The van der Waals surface area contributed by atoms with Gasteiger partial charge in [-0.25, -0.2) is 0 Å². The lowest BCUT2D eigenvalue weighted by atomic mass is 9.63. The van der Waals surface area contributed by atoms with Crippen LogP contribution in [0.5, 0.6) is 0 Å². The maximum atomic E-state index is 6.36. The molecule has 0 unspecified atom stereocenters. The van der Waals surface area contributed by atoms with Crippen molar-refractivity contribution in [2.75, 3.05) is 5.88 Å². The van der Waals surface area contributed by atoms with E-state index in [2.05, 4.69) is 31.9 Å². The number of nitrogens with zero attached hydrogens (tertiary/aromatic N) is 2. The molecular formula is C17H29ClN2. The molecule has 0 atom stereocenters. The van der Waals surface area contributed by atoms with Crippen molar-refractivity contribution in [1.29, 1.82) is 0 Å². The van der Waals surface area contributed by atoms with Crippen molar-refractivity contribution in [2.24, 2.45) is 23.8 Å². The van der Waals surface area contributed by atoms with Crippen molar-refractivity contribution in [3.63, 3.8) is 0 Å². The van der Waals surface area contributed by atoms with Gasteiger partial charge in [-0.2, -0.15) is 5.10 Å². The molecule has 1 aliphatic carbocycles. The summed E-state index contributed by atoms with van der Waals surface area (Å²) in [5.74, 6) is 1.66. The molecule has 1 aromatic rings. The van der Waals surface area contributed by atoms with Crippen molar-refractivity contribution in [3.05, 3.63) is 18.0 Å². The first-order valence-electron chi connectivity index (χ1n) is 7.89. The van der Waals surface area contributed by atoms with Gasteiger partial charge in [0.15, 0.2) is 0 Å². The van der Waals surface area contributed by atoms with E-state index in [1.54, 1.807) is 0 Å². The topological polar surface area (TPSA) is 17.8 Å². The van der Waals surface area contributed by atoms with Gasteiger partial charge in [-0.1, -0.05) is 20.8 Å².